The van der Waals surface area contributed by atoms with E-state index in [1.165, 1.54) is 6.33 Å². The molecule has 134 valence electrons. The van der Waals surface area contributed by atoms with Crippen LogP contribution in [0.1, 0.15) is 22.7 Å². The third kappa shape index (κ3) is 3.72. The number of hydrogen-bond acceptors (Lipinski definition) is 7. The van der Waals surface area contributed by atoms with Crippen LogP contribution in [0.3, 0.4) is 0 Å². The average molecular weight is 355 g/mol. The van der Waals surface area contributed by atoms with Gasteiger partial charge in [0.2, 0.25) is 0 Å². The molecule has 1 N–H and O–H groups in total. The molecule has 1 aromatic carbocycles. The summed E-state index contributed by atoms with van der Waals surface area (Å²) in [6, 6.07) is 8.99. The number of aromatic nitrogens is 4. The van der Waals surface area contributed by atoms with Crippen LogP contribution in [-0.4, -0.2) is 45.1 Å². The lowest BCUT2D eigenvalue weighted by Gasteiger charge is -2.07. The molecule has 2 aromatic heterocycles. The van der Waals surface area contributed by atoms with E-state index in [4.69, 9.17) is 14.0 Å². The highest BCUT2D eigenvalue weighted by Crippen LogP contribution is 2.16. The number of nitrogens with one attached hydrogen (secondary N) is 1. The van der Waals surface area contributed by atoms with Gasteiger partial charge in [0.25, 0.3) is 5.91 Å². The molecule has 1 saturated heterocycles. The number of hydrogen-bond donors (Lipinski definition) is 1. The lowest BCUT2D eigenvalue weighted by molar-refractivity contribution is 0.0920. The van der Waals surface area contributed by atoms with Crippen molar-refractivity contribution in [2.45, 2.75) is 19.1 Å². The molecule has 3 heterocycles. The van der Waals surface area contributed by atoms with Crippen molar-refractivity contribution in [3.8, 4) is 11.4 Å². The molecule has 9 heteroatoms. The van der Waals surface area contributed by atoms with Gasteiger partial charge in [0.15, 0.2) is 11.5 Å². The Hall–Kier alpha value is -3.20. The molecular formula is C17H17N5O4. The van der Waals surface area contributed by atoms with Crippen LogP contribution in [0.15, 0.2) is 47.5 Å². The molecule has 0 aliphatic carbocycles. The van der Waals surface area contributed by atoms with Crippen molar-refractivity contribution in [2.24, 2.45) is 0 Å². The van der Waals surface area contributed by atoms with Crippen LogP contribution in [-0.2, 0) is 11.3 Å². The first-order valence-electron chi connectivity index (χ1n) is 8.20. The standard InChI is InChI=1S/C17H17N5O4/c23-17(20-12-5-6-24-8-12)16-7-15(26-21-16)9-25-14-3-1-13(2-4-14)22-11-18-10-19-22/h1-4,7,10-12H,5-6,8-9H2,(H,20,23)/t12-/m0/s1. The Morgan fingerprint density at radius 3 is 2.96 bits per heavy atom. The zero-order chi connectivity index (χ0) is 17.8. The Kier molecular flexibility index (Phi) is 4.61. The number of carbonyl (C=O) groups is 1. The summed E-state index contributed by atoms with van der Waals surface area (Å²) in [5, 5.41) is 10.7. The minimum Gasteiger partial charge on any atom is -0.486 e. The number of benzene rings is 1. The maximum Gasteiger partial charge on any atom is 0.273 e. The SMILES string of the molecule is O=C(N[C@H]1CCOC1)c1cc(COc2ccc(-n3cncn3)cc2)on1. The zero-order valence-corrected chi connectivity index (χ0v) is 13.9. The summed E-state index contributed by atoms with van der Waals surface area (Å²) < 4.78 is 17.7. The zero-order valence-electron chi connectivity index (χ0n) is 13.9. The van der Waals surface area contributed by atoms with Crippen LogP contribution in [0.25, 0.3) is 5.69 Å². The van der Waals surface area contributed by atoms with E-state index in [2.05, 4.69) is 20.6 Å². The van der Waals surface area contributed by atoms with Gasteiger partial charge in [-0.3, -0.25) is 4.79 Å². The predicted molar refractivity (Wildman–Crippen MR) is 88.9 cm³/mol. The molecule has 0 radical (unpaired) electrons. The van der Waals surface area contributed by atoms with Crippen molar-refractivity contribution in [3.63, 3.8) is 0 Å². The van der Waals surface area contributed by atoms with Crippen LogP contribution in [0.5, 0.6) is 5.75 Å². The summed E-state index contributed by atoms with van der Waals surface area (Å²) in [5.74, 6) is 0.866. The fourth-order valence-electron chi connectivity index (χ4n) is 2.59. The first-order valence-corrected chi connectivity index (χ1v) is 8.20. The van der Waals surface area contributed by atoms with Crippen LogP contribution in [0, 0.1) is 0 Å². The highest BCUT2D eigenvalue weighted by molar-refractivity contribution is 5.92. The molecule has 1 atom stereocenters. The van der Waals surface area contributed by atoms with E-state index in [-0.39, 0.29) is 24.2 Å². The number of amides is 1. The summed E-state index contributed by atoms with van der Waals surface area (Å²) >= 11 is 0. The smallest absolute Gasteiger partial charge is 0.273 e. The maximum absolute atomic E-state index is 12.1. The van der Waals surface area contributed by atoms with Crippen molar-refractivity contribution in [2.75, 3.05) is 13.2 Å². The third-order valence-electron chi connectivity index (χ3n) is 3.96. The van der Waals surface area contributed by atoms with E-state index in [0.29, 0.717) is 24.7 Å². The number of nitrogens with zero attached hydrogens (tertiary/aromatic N) is 4. The Bertz CT molecular complexity index is 854. The van der Waals surface area contributed by atoms with E-state index in [9.17, 15) is 4.79 Å². The Balaban J connectivity index is 1.32. The molecule has 0 bridgehead atoms. The molecule has 0 unspecified atom stereocenters. The third-order valence-corrected chi connectivity index (χ3v) is 3.96. The molecule has 1 aliphatic heterocycles. The van der Waals surface area contributed by atoms with Gasteiger partial charge in [-0.1, -0.05) is 5.16 Å². The van der Waals surface area contributed by atoms with E-state index in [1.807, 2.05) is 24.3 Å². The quantitative estimate of drug-likeness (QED) is 0.712. The first kappa shape index (κ1) is 16.3. The lowest BCUT2D eigenvalue weighted by Crippen LogP contribution is -2.35. The fraction of sp³-hybridized carbons (Fsp3) is 0.294. The molecule has 0 saturated carbocycles. The molecule has 9 nitrogen and oxygen atoms in total. The van der Waals surface area contributed by atoms with E-state index < -0.39 is 0 Å². The Labute approximate surface area is 148 Å². The number of carbonyl (C=O) groups excluding carboxylic acids is 1. The number of rotatable bonds is 6. The molecule has 1 fully saturated rings. The molecule has 3 aromatic rings. The molecular weight excluding hydrogens is 338 g/mol. The highest BCUT2D eigenvalue weighted by Gasteiger charge is 2.20. The minimum absolute atomic E-state index is 0.0300. The normalized spacial score (nSPS) is 16.5. The van der Waals surface area contributed by atoms with Crippen molar-refractivity contribution < 1.29 is 18.8 Å². The topological polar surface area (TPSA) is 104 Å². The van der Waals surface area contributed by atoms with Gasteiger partial charge in [-0.05, 0) is 30.7 Å². The summed E-state index contributed by atoms with van der Waals surface area (Å²) in [7, 11) is 0. The van der Waals surface area contributed by atoms with E-state index in [1.54, 1.807) is 17.1 Å². The van der Waals surface area contributed by atoms with E-state index >= 15 is 0 Å². The fourth-order valence-corrected chi connectivity index (χ4v) is 2.59. The monoisotopic (exact) mass is 355 g/mol. The maximum atomic E-state index is 12.1. The second-order valence-corrected chi connectivity index (χ2v) is 5.84. The predicted octanol–water partition coefficient (Wildman–Crippen LogP) is 1.35. The molecule has 1 amide bonds. The van der Waals surface area contributed by atoms with Gasteiger partial charge >= 0.3 is 0 Å². The van der Waals surface area contributed by atoms with Crippen LogP contribution < -0.4 is 10.1 Å². The Morgan fingerprint density at radius 2 is 2.23 bits per heavy atom. The van der Waals surface area contributed by atoms with Crippen molar-refractivity contribution in [3.05, 3.63) is 54.4 Å². The van der Waals surface area contributed by atoms with Crippen molar-refractivity contribution in [1.29, 1.82) is 0 Å². The molecule has 0 spiro atoms. The lowest BCUT2D eigenvalue weighted by atomic mass is 10.2. The summed E-state index contributed by atoms with van der Waals surface area (Å²) in [6.07, 6.45) is 3.90. The van der Waals surface area contributed by atoms with Crippen LogP contribution >= 0.6 is 0 Å². The van der Waals surface area contributed by atoms with Gasteiger partial charge in [-0.15, -0.1) is 0 Å². The highest BCUT2D eigenvalue weighted by atomic mass is 16.5. The summed E-state index contributed by atoms with van der Waals surface area (Å²) in [4.78, 5) is 16.0. The first-order chi connectivity index (χ1) is 12.8. The van der Waals surface area contributed by atoms with Crippen LogP contribution in [0.4, 0.5) is 0 Å². The largest absolute Gasteiger partial charge is 0.486 e. The van der Waals surface area contributed by atoms with Crippen molar-refractivity contribution in [1.82, 2.24) is 25.2 Å². The van der Waals surface area contributed by atoms with Crippen LogP contribution in [0.2, 0.25) is 0 Å². The van der Waals surface area contributed by atoms with Gasteiger partial charge in [-0.2, -0.15) is 5.10 Å². The second kappa shape index (κ2) is 7.36. The van der Waals surface area contributed by atoms with Gasteiger partial charge in [0, 0.05) is 12.7 Å². The van der Waals surface area contributed by atoms with Gasteiger partial charge in [-0.25, -0.2) is 9.67 Å². The van der Waals surface area contributed by atoms with Gasteiger partial charge < -0.3 is 19.3 Å². The average Bonchev–Trinajstić information content (AvgIpc) is 3.42. The number of ether oxygens (including phenoxy) is 2. The van der Waals surface area contributed by atoms with Gasteiger partial charge in [0.1, 0.15) is 25.0 Å². The molecule has 1 aliphatic rings. The van der Waals surface area contributed by atoms with Gasteiger partial charge in [0.05, 0.1) is 18.3 Å². The second-order valence-electron chi connectivity index (χ2n) is 5.84. The summed E-state index contributed by atoms with van der Waals surface area (Å²) in [5.41, 5.74) is 1.11. The molecule has 4 rings (SSSR count). The van der Waals surface area contributed by atoms with E-state index in [0.717, 1.165) is 12.1 Å². The summed E-state index contributed by atoms with van der Waals surface area (Å²) in [6.45, 7) is 1.37. The Morgan fingerprint density at radius 1 is 1.35 bits per heavy atom. The minimum atomic E-state index is -0.271. The molecule has 26 heavy (non-hydrogen) atoms. The van der Waals surface area contributed by atoms with Crippen molar-refractivity contribution >= 4 is 5.91 Å².